The van der Waals surface area contributed by atoms with Crippen LogP contribution in [-0.2, 0) is 47.4 Å². The Kier molecular flexibility index (Phi) is 10.5. The molecular formula is C41H60O12. The van der Waals surface area contributed by atoms with Crippen LogP contribution in [0.15, 0.2) is 24.3 Å². The first-order valence-corrected chi connectivity index (χ1v) is 20.6. The molecule has 0 amide bonds. The lowest BCUT2D eigenvalue weighted by Gasteiger charge is -2.63. The van der Waals surface area contributed by atoms with Gasteiger partial charge in [-0.1, -0.05) is 20.1 Å². The molecule has 11 aliphatic rings. The van der Waals surface area contributed by atoms with Crippen LogP contribution in [0, 0.1) is 17.8 Å². The van der Waals surface area contributed by atoms with E-state index >= 15 is 0 Å². The summed E-state index contributed by atoms with van der Waals surface area (Å²) in [6, 6.07) is 0. The van der Waals surface area contributed by atoms with E-state index < -0.39 is 24.1 Å². The highest BCUT2D eigenvalue weighted by Crippen LogP contribution is 2.55. The number of hydrogen-bond acceptors (Lipinski definition) is 12. The standard InChI is InChI=1S/C41H60O12/c1-20-11-25-5-7-29-21(2)12-27(46-29)9-10-41-18-36-37(40(51-36)53-41)33-17-35(52-41)39-30(49-33)8-6-26(48-39)13-23(43)14-28-32(16-31(47-25)22(20)3)50-34(38(28)45-4)15-24(44)19-42/h20,24-40,42,44H,2-3,5-19H2,1,4H3/t20-,24+,25+,26-,27?,28+,29+,30+,31-,32+,33-,34-,35-,36+,37+,38-,39+,40?,41?/m1/s1. The van der Waals surface area contributed by atoms with E-state index in [0.717, 1.165) is 62.5 Å². The number of carbonyl (C=O) groups excluding carboxylic acids is 1. The number of fused-ring (bicyclic) bond motifs is 6. The van der Waals surface area contributed by atoms with Crippen molar-refractivity contribution in [1.82, 2.24) is 0 Å². The summed E-state index contributed by atoms with van der Waals surface area (Å²) in [5.41, 5.74) is 2.18. The zero-order valence-electron chi connectivity index (χ0n) is 31.4. The lowest BCUT2D eigenvalue weighted by molar-refractivity contribution is -0.483. The van der Waals surface area contributed by atoms with Crippen molar-refractivity contribution in [3.8, 4) is 0 Å². The lowest BCUT2D eigenvalue weighted by atomic mass is 9.75. The predicted molar refractivity (Wildman–Crippen MR) is 189 cm³/mol. The van der Waals surface area contributed by atoms with Crippen molar-refractivity contribution < 1.29 is 57.6 Å². The summed E-state index contributed by atoms with van der Waals surface area (Å²) in [7, 11) is 1.63. The molecule has 0 aliphatic carbocycles. The Hall–Kier alpha value is -1.29. The maximum atomic E-state index is 14.1. The minimum absolute atomic E-state index is 0.00370. The van der Waals surface area contributed by atoms with Crippen molar-refractivity contribution in [1.29, 1.82) is 0 Å². The molecule has 53 heavy (non-hydrogen) atoms. The molecular weight excluding hydrogens is 684 g/mol. The van der Waals surface area contributed by atoms with Crippen molar-refractivity contribution >= 4 is 5.78 Å². The summed E-state index contributed by atoms with van der Waals surface area (Å²) in [6.07, 6.45) is 5.57. The highest BCUT2D eigenvalue weighted by atomic mass is 16.8. The SMILES string of the molecule is C=C1CC2CCC34C[C@@H]5OC(O3)[C@H]5[C@H]3C[C@@H](O4)[C@H]4O[C@H](CC[C@@H]4O3)CC(=O)C[C@@H]3[C@@H](OC)[C@@H](C[C@H](O)CO)O[C@H]3C[C@H]3O[C@@H](CC[C@@H]1O2)C[C@@H](C)C3=C. The topological polar surface area (TPSA) is 141 Å². The Labute approximate surface area is 313 Å². The van der Waals surface area contributed by atoms with Gasteiger partial charge in [-0.15, -0.1) is 0 Å². The van der Waals surface area contributed by atoms with Crippen LogP contribution >= 0.6 is 0 Å². The molecule has 3 unspecified atom stereocenters. The second kappa shape index (κ2) is 14.9. The Balaban J connectivity index is 0.988. The molecule has 11 fully saturated rings. The quantitative estimate of drug-likeness (QED) is 0.402. The molecule has 2 N–H and O–H groups in total. The molecule has 11 aliphatic heterocycles. The van der Waals surface area contributed by atoms with E-state index in [1.807, 2.05) is 0 Å². The molecule has 12 bridgehead atoms. The number of carbonyl (C=O) groups is 1. The molecule has 11 saturated heterocycles. The first-order chi connectivity index (χ1) is 25.6. The van der Waals surface area contributed by atoms with Crippen molar-refractivity contribution in [2.24, 2.45) is 17.8 Å². The number of hydrogen-bond donors (Lipinski definition) is 2. The highest BCUT2D eigenvalue weighted by molar-refractivity contribution is 5.79. The second-order valence-electron chi connectivity index (χ2n) is 17.8. The number of rotatable bonds is 4. The predicted octanol–water partition coefficient (Wildman–Crippen LogP) is 4.07. The van der Waals surface area contributed by atoms with Crippen LogP contribution in [0.1, 0.15) is 96.8 Å². The first kappa shape index (κ1) is 37.3. The fourth-order valence-corrected chi connectivity index (χ4v) is 11.4. The number of ether oxygens (including phenoxy) is 9. The number of methoxy groups -OCH3 is 1. The molecule has 11 rings (SSSR count). The van der Waals surface area contributed by atoms with E-state index in [9.17, 15) is 15.0 Å². The smallest absolute Gasteiger partial charge is 0.174 e. The van der Waals surface area contributed by atoms with Gasteiger partial charge in [-0.2, -0.15) is 0 Å². The average Bonchev–Trinajstić information content (AvgIpc) is 3.64. The summed E-state index contributed by atoms with van der Waals surface area (Å²) in [6.45, 7) is 10.7. The molecule has 0 radical (unpaired) electrons. The normalized spacial score (nSPS) is 51.8. The summed E-state index contributed by atoms with van der Waals surface area (Å²) in [5.74, 6) is -0.483. The maximum absolute atomic E-state index is 14.1. The summed E-state index contributed by atoms with van der Waals surface area (Å²) in [5, 5.41) is 20.1. The van der Waals surface area contributed by atoms with Gasteiger partial charge < -0.3 is 52.8 Å². The van der Waals surface area contributed by atoms with Crippen LogP contribution in [0.25, 0.3) is 0 Å². The third-order valence-corrected chi connectivity index (χ3v) is 14.2. The zero-order valence-corrected chi connectivity index (χ0v) is 31.4. The average molecular weight is 745 g/mol. The number of aliphatic hydroxyl groups is 2. The van der Waals surface area contributed by atoms with Gasteiger partial charge in [0.05, 0.1) is 91.9 Å². The molecule has 19 atom stereocenters. The molecule has 1 spiro atoms. The van der Waals surface area contributed by atoms with E-state index in [0.29, 0.717) is 19.3 Å². The van der Waals surface area contributed by atoms with Gasteiger partial charge in [0.15, 0.2) is 12.1 Å². The molecule has 11 heterocycles. The van der Waals surface area contributed by atoms with Gasteiger partial charge in [-0.3, -0.25) is 4.79 Å². The molecule has 0 aromatic carbocycles. The Morgan fingerprint density at radius 2 is 1.62 bits per heavy atom. The van der Waals surface area contributed by atoms with Crippen LogP contribution in [0.2, 0.25) is 0 Å². The Morgan fingerprint density at radius 1 is 0.811 bits per heavy atom. The minimum atomic E-state index is -0.948. The van der Waals surface area contributed by atoms with Crippen molar-refractivity contribution in [3.63, 3.8) is 0 Å². The van der Waals surface area contributed by atoms with E-state index in [-0.39, 0.29) is 123 Å². The van der Waals surface area contributed by atoms with Gasteiger partial charge in [-0.05, 0) is 62.0 Å². The first-order valence-electron chi connectivity index (χ1n) is 20.6. The minimum Gasteiger partial charge on any atom is -0.394 e. The number of aliphatic hydroxyl groups excluding tert-OH is 2. The highest BCUT2D eigenvalue weighted by Gasteiger charge is 2.65. The summed E-state index contributed by atoms with van der Waals surface area (Å²) >= 11 is 0. The van der Waals surface area contributed by atoms with Crippen LogP contribution in [0.4, 0.5) is 0 Å². The molecule has 296 valence electrons. The van der Waals surface area contributed by atoms with E-state index in [1.54, 1.807) is 7.11 Å². The fourth-order valence-electron chi connectivity index (χ4n) is 11.4. The fraction of sp³-hybridized carbons (Fsp3) is 0.878. The number of Topliss-reactive ketones (excluding diaryl/α,β-unsaturated/α-hetero) is 1. The van der Waals surface area contributed by atoms with Gasteiger partial charge in [0, 0.05) is 58.0 Å². The molecule has 12 nitrogen and oxygen atoms in total. The van der Waals surface area contributed by atoms with Crippen molar-refractivity contribution in [2.45, 2.75) is 194 Å². The third-order valence-electron chi connectivity index (χ3n) is 14.2. The van der Waals surface area contributed by atoms with E-state index in [2.05, 4.69) is 20.1 Å². The van der Waals surface area contributed by atoms with E-state index in [1.165, 1.54) is 0 Å². The van der Waals surface area contributed by atoms with E-state index in [4.69, 9.17) is 42.6 Å². The Morgan fingerprint density at radius 3 is 2.42 bits per heavy atom. The van der Waals surface area contributed by atoms with Gasteiger partial charge in [0.1, 0.15) is 11.9 Å². The van der Waals surface area contributed by atoms with Crippen LogP contribution in [-0.4, -0.2) is 127 Å². The molecule has 12 heteroatoms. The number of ketones is 1. The van der Waals surface area contributed by atoms with Crippen molar-refractivity contribution in [3.05, 3.63) is 24.3 Å². The maximum Gasteiger partial charge on any atom is 0.174 e. The van der Waals surface area contributed by atoms with Gasteiger partial charge in [-0.25, -0.2) is 0 Å². The third kappa shape index (κ3) is 7.15. The Bertz CT molecular complexity index is 1380. The molecule has 0 saturated carbocycles. The van der Waals surface area contributed by atoms with Gasteiger partial charge in [0.2, 0.25) is 0 Å². The molecule has 0 aromatic rings. The van der Waals surface area contributed by atoms with Gasteiger partial charge >= 0.3 is 0 Å². The van der Waals surface area contributed by atoms with Crippen molar-refractivity contribution in [2.75, 3.05) is 13.7 Å². The summed E-state index contributed by atoms with van der Waals surface area (Å²) < 4.78 is 59.5. The molecule has 0 aromatic heterocycles. The van der Waals surface area contributed by atoms with Gasteiger partial charge in [0.25, 0.3) is 0 Å². The lowest BCUT2D eigenvalue weighted by Crippen LogP contribution is -2.72. The van der Waals surface area contributed by atoms with Crippen LogP contribution in [0.3, 0.4) is 0 Å². The largest absolute Gasteiger partial charge is 0.394 e. The second-order valence-corrected chi connectivity index (χ2v) is 17.8. The monoisotopic (exact) mass is 744 g/mol. The van der Waals surface area contributed by atoms with Crippen LogP contribution in [0.5, 0.6) is 0 Å². The summed E-state index contributed by atoms with van der Waals surface area (Å²) in [4.78, 5) is 14.1. The zero-order chi connectivity index (χ0) is 36.6. The van der Waals surface area contributed by atoms with Crippen LogP contribution < -0.4 is 0 Å².